The molecule has 0 aliphatic carbocycles. The fraction of sp³-hybridized carbons (Fsp3) is 0.121. The number of ether oxygens (including phenoxy) is 2. The van der Waals surface area contributed by atoms with Crippen molar-refractivity contribution in [3.63, 3.8) is 0 Å². The van der Waals surface area contributed by atoms with E-state index >= 15 is 0 Å². The van der Waals surface area contributed by atoms with E-state index in [0.29, 0.717) is 22.6 Å². The molecule has 0 radical (unpaired) electrons. The van der Waals surface area contributed by atoms with Gasteiger partial charge in [0, 0.05) is 28.7 Å². The molecule has 0 atom stereocenters. The number of nitrogens with one attached hydrogen (secondary N) is 1. The second-order valence-electron chi connectivity index (χ2n) is 10.1. The fourth-order valence-electron chi connectivity index (χ4n) is 4.57. The average molecular weight is 688 g/mol. The normalized spacial score (nSPS) is 11.0. The maximum atomic E-state index is 12.6. The molecule has 2 aromatic heterocycles. The van der Waals surface area contributed by atoms with Gasteiger partial charge >= 0.3 is 17.6 Å². The van der Waals surface area contributed by atoms with Gasteiger partial charge in [0.1, 0.15) is 24.7 Å². The molecule has 1 amide bonds. The first kappa shape index (κ1) is 31.7. The number of benzene rings is 3. The standard InChI is InChI=1S/C33H27BrN4O8/c1-20-3-4-21(2)37(20)25-9-11-26(12-10-25)44-19-27-13-14-30(46-27)32(39)36-35-17-23-15-28(34)31(29(16-23)38(42)43)45-18-22-5-7-24(8-6-22)33(40)41/h3-17H,18-19H2,1-2H3,(H,36,39)(H,40,41)/b35-17+. The number of aryl methyl sites for hydroxylation is 2. The van der Waals surface area contributed by atoms with Gasteiger partial charge in [0.15, 0.2) is 5.76 Å². The Bertz CT molecular complexity index is 1910. The van der Waals surface area contributed by atoms with Crippen LogP contribution >= 0.6 is 15.9 Å². The zero-order valence-corrected chi connectivity index (χ0v) is 26.2. The molecule has 0 aliphatic rings. The Morgan fingerprint density at radius 2 is 1.67 bits per heavy atom. The van der Waals surface area contributed by atoms with Gasteiger partial charge in [0.25, 0.3) is 0 Å². The molecule has 0 saturated heterocycles. The number of nitro benzene ring substituents is 1. The first-order valence-electron chi connectivity index (χ1n) is 13.8. The van der Waals surface area contributed by atoms with E-state index in [4.69, 9.17) is 19.0 Å². The highest BCUT2D eigenvalue weighted by atomic mass is 79.9. The van der Waals surface area contributed by atoms with Crippen molar-refractivity contribution in [3.8, 4) is 17.2 Å². The van der Waals surface area contributed by atoms with Crippen LogP contribution in [0.25, 0.3) is 5.69 Å². The van der Waals surface area contributed by atoms with Crippen molar-refractivity contribution in [1.82, 2.24) is 9.99 Å². The summed E-state index contributed by atoms with van der Waals surface area (Å²) in [5, 5.41) is 24.7. The molecule has 0 spiro atoms. The highest BCUT2D eigenvalue weighted by molar-refractivity contribution is 9.10. The van der Waals surface area contributed by atoms with Crippen LogP contribution in [0.3, 0.4) is 0 Å². The molecular formula is C33H27BrN4O8. The quantitative estimate of drug-likeness (QED) is 0.0808. The molecule has 5 aromatic rings. The number of carbonyl (C=O) groups excluding carboxylic acids is 1. The molecule has 5 rings (SSSR count). The van der Waals surface area contributed by atoms with Crippen LogP contribution in [0.4, 0.5) is 5.69 Å². The third-order valence-corrected chi connectivity index (χ3v) is 7.43. The Hall–Kier alpha value is -5.69. The topological polar surface area (TPSA) is 158 Å². The minimum atomic E-state index is -1.06. The lowest BCUT2D eigenvalue weighted by Gasteiger charge is -2.10. The molecule has 0 bridgehead atoms. The third kappa shape index (κ3) is 7.50. The molecule has 0 unspecified atom stereocenters. The lowest BCUT2D eigenvalue weighted by Crippen LogP contribution is -2.16. The van der Waals surface area contributed by atoms with Gasteiger partial charge in [0.2, 0.25) is 5.75 Å². The van der Waals surface area contributed by atoms with E-state index in [1.165, 1.54) is 30.5 Å². The molecule has 46 heavy (non-hydrogen) atoms. The Labute approximate surface area is 271 Å². The number of amides is 1. The minimum absolute atomic E-state index is 0.0111. The molecule has 2 heterocycles. The number of hydrazone groups is 1. The van der Waals surface area contributed by atoms with Crippen LogP contribution in [-0.2, 0) is 13.2 Å². The smallest absolute Gasteiger partial charge is 0.335 e. The Morgan fingerprint density at radius 3 is 2.33 bits per heavy atom. The van der Waals surface area contributed by atoms with Crippen molar-refractivity contribution in [1.29, 1.82) is 0 Å². The van der Waals surface area contributed by atoms with Crippen LogP contribution in [0, 0.1) is 24.0 Å². The number of furan rings is 1. The molecule has 12 nitrogen and oxygen atoms in total. The second-order valence-corrected chi connectivity index (χ2v) is 11.0. The predicted molar refractivity (Wildman–Crippen MR) is 172 cm³/mol. The minimum Gasteiger partial charge on any atom is -0.486 e. The molecule has 13 heteroatoms. The molecule has 0 saturated carbocycles. The SMILES string of the molecule is Cc1ccc(C)n1-c1ccc(OCc2ccc(C(=O)N/N=C/c3cc(Br)c(OCc4ccc(C(=O)O)cc4)c([N+](=O)[O-])c3)o2)cc1. The number of nitrogens with zero attached hydrogens (tertiary/aromatic N) is 3. The molecular weight excluding hydrogens is 660 g/mol. The maximum Gasteiger partial charge on any atom is 0.335 e. The zero-order valence-electron chi connectivity index (χ0n) is 24.6. The van der Waals surface area contributed by atoms with E-state index in [1.54, 1.807) is 24.3 Å². The van der Waals surface area contributed by atoms with Crippen LogP contribution in [0.2, 0.25) is 0 Å². The van der Waals surface area contributed by atoms with Crippen molar-refractivity contribution < 1.29 is 33.5 Å². The van der Waals surface area contributed by atoms with Crippen molar-refractivity contribution in [2.24, 2.45) is 5.10 Å². The van der Waals surface area contributed by atoms with E-state index < -0.39 is 16.8 Å². The summed E-state index contributed by atoms with van der Waals surface area (Å²) in [6.45, 7) is 4.17. The van der Waals surface area contributed by atoms with Gasteiger partial charge in [-0.05, 0) is 102 Å². The number of hydrogen-bond acceptors (Lipinski definition) is 8. The van der Waals surface area contributed by atoms with E-state index in [2.05, 4.69) is 43.2 Å². The van der Waals surface area contributed by atoms with Crippen molar-refractivity contribution in [2.45, 2.75) is 27.1 Å². The number of hydrogen-bond donors (Lipinski definition) is 2. The number of rotatable bonds is 12. The molecule has 234 valence electrons. The summed E-state index contributed by atoms with van der Waals surface area (Å²) >= 11 is 3.30. The van der Waals surface area contributed by atoms with Crippen LogP contribution in [0.5, 0.6) is 11.5 Å². The van der Waals surface area contributed by atoms with Crippen molar-refractivity contribution in [2.75, 3.05) is 0 Å². The second kappa shape index (κ2) is 13.9. The summed E-state index contributed by atoms with van der Waals surface area (Å²) in [6.07, 6.45) is 1.25. The van der Waals surface area contributed by atoms with E-state index in [0.717, 1.165) is 17.1 Å². The van der Waals surface area contributed by atoms with Gasteiger partial charge in [-0.1, -0.05) is 12.1 Å². The Morgan fingerprint density at radius 1 is 0.978 bits per heavy atom. The summed E-state index contributed by atoms with van der Waals surface area (Å²) in [5.41, 5.74) is 6.36. The number of nitro groups is 1. The lowest BCUT2D eigenvalue weighted by molar-refractivity contribution is -0.386. The first-order chi connectivity index (χ1) is 22.1. The van der Waals surface area contributed by atoms with Gasteiger partial charge < -0.3 is 23.6 Å². The van der Waals surface area contributed by atoms with Crippen molar-refractivity contribution in [3.05, 3.63) is 139 Å². The molecule has 2 N–H and O–H groups in total. The average Bonchev–Trinajstić information content (AvgIpc) is 3.65. The fourth-order valence-corrected chi connectivity index (χ4v) is 5.15. The van der Waals surface area contributed by atoms with E-state index in [1.807, 2.05) is 38.1 Å². The van der Waals surface area contributed by atoms with Gasteiger partial charge in [-0.2, -0.15) is 5.10 Å². The number of carboxylic acids is 1. The maximum absolute atomic E-state index is 12.6. The Kier molecular flexibility index (Phi) is 9.62. The molecule has 3 aromatic carbocycles. The highest BCUT2D eigenvalue weighted by Gasteiger charge is 2.20. The first-order valence-corrected chi connectivity index (χ1v) is 14.6. The molecule has 0 fully saturated rings. The monoisotopic (exact) mass is 686 g/mol. The number of aromatic carboxylic acids is 1. The van der Waals surface area contributed by atoms with Gasteiger partial charge in [-0.15, -0.1) is 0 Å². The van der Waals surface area contributed by atoms with Gasteiger partial charge in [0.05, 0.1) is 21.2 Å². The van der Waals surface area contributed by atoms with Crippen LogP contribution in [0.1, 0.15) is 49.2 Å². The van der Waals surface area contributed by atoms with Crippen LogP contribution in [0.15, 0.2) is 98.9 Å². The van der Waals surface area contributed by atoms with E-state index in [-0.39, 0.29) is 40.4 Å². The van der Waals surface area contributed by atoms with E-state index in [9.17, 15) is 19.7 Å². The number of halogens is 1. The number of carbonyl (C=O) groups is 2. The summed E-state index contributed by atoms with van der Waals surface area (Å²) in [7, 11) is 0. The third-order valence-electron chi connectivity index (χ3n) is 6.84. The Balaban J connectivity index is 1.16. The summed E-state index contributed by atoms with van der Waals surface area (Å²) in [5.74, 6) is -0.605. The molecule has 0 aliphatic heterocycles. The predicted octanol–water partition coefficient (Wildman–Crippen LogP) is 6.98. The van der Waals surface area contributed by atoms with Crippen molar-refractivity contribution >= 4 is 39.7 Å². The summed E-state index contributed by atoms with van der Waals surface area (Å²) < 4.78 is 19.5. The van der Waals surface area contributed by atoms with Gasteiger partial charge in [-0.25, -0.2) is 10.2 Å². The van der Waals surface area contributed by atoms with Crippen LogP contribution < -0.4 is 14.9 Å². The summed E-state index contributed by atoms with van der Waals surface area (Å²) in [4.78, 5) is 34.8. The largest absolute Gasteiger partial charge is 0.486 e. The van der Waals surface area contributed by atoms with Gasteiger partial charge in [-0.3, -0.25) is 14.9 Å². The number of carboxylic acid groups (broad SMARTS) is 1. The number of aromatic nitrogens is 1. The zero-order chi connectivity index (χ0) is 32.8. The highest BCUT2D eigenvalue weighted by Crippen LogP contribution is 2.36. The summed E-state index contributed by atoms with van der Waals surface area (Å²) in [6, 6.07) is 23.6. The lowest BCUT2D eigenvalue weighted by atomic mass is 10.1. The van der Waals surface area contributed by atoms with Crippen LogP contribution in [-0.4, -0.2) is 32.7 Å².